The van der Waals surface area contributed by atoms with Crippen LogP contribution in [0.5, 0.6) is 0 Å². The molecule has 1 saturated heterocycles. The second-order valence-electron chi connectivity index (χ2n) is 5.65. The molecule has 0 aromatic heterocycles. The van der Waals surface area contributed by atoms with E-state index < -0.39 is 18.3 Å². The molecule has 1 aliphatic heterocycles. The zero-order valence-electron chi connectivity index (χ0n) is 13.1. The lowest BCUT2D eigenvalue weighted by Crippen LogP contribution is -2.27. The first-order valence-electron chi connectivity index (χ1n) is 7.80. The highest BCUT2D eigenvalue weighted by Gasteiger charge is 2.40. The van der Waals surface area contributed by atoms with Gasteiger partial charge in [-0.05, 0) is 25.3 Å². The monoisotopic (exact) mass is 325 g/mol. The highest BCUT2D eigenvalue weighted by Crippen LogP contribution is 2.29. The van der Waals surface area contributed by atoms with Crippen LogP contribution >= 0.6 is 0 Å². The molecule has 1 aromatic rings. The maximum Gasteiger partial charge on any atom is 0.308 e. The van der Waals surface area contributed by atoms with Gasteiger partial charge in [0.25, 0.3) is 5.91 Å². The van der Waals surface area contributed by atoms with Crippen LogP contribution in [-0.2, 0) is 20.9 Å². The van der Waals surface area contributed by atoms with Crippen molar-refractivity contribution in [1.82, 2.24) is 4.90 Å². The molecule has 0 N–H and O–H groups in total. The molecule has 1 amide bonds. The van der Waals surface area contributed by atoms with E-state index in [0.717, 1.165) is 18.4 Å². The Morgan fingerprint density at radius 2 is 1.91 bits per heavy atom. The minimum atomic E-state index is -1.98. The van der Waals surface area contributed by atoms with Crippen molar-refractivity contribution in [2.24, 2.45) is 5.92 Å². The molecule has 1 aliphatic carbocycles. The van der Waals surface area contributed by atoms with Crippen LogP contribution in [0.4, 0.5) is 8.78 Å². The minimum Gasteiger partial charge on any atom is -0.466 e. The number of alkyl halides is 2. The van der Waals surface area contributed by atoms with Crippen molar-refractivity contribution in [3.05, 3.63) is 35.9 Å². The second-order valence-corrected chi connectivity index (χ2v) is 5.65. The lowest BCUT2D eigenvalue weighted by atomic mass is 10.2. The summed E-state index contributed by atoms with van der Waals surface area (Å²) in [4.78, 5) is 23.0. The number of amides is 1. The number of nitrogens with zero attached hydrogens (tertiary/aromatic N) is 1. The van der Waals surface area contributed by atoms with Crippen molar-refractivity contribution in [1.29, 1.82) is 0 Å². The molecule has 1 saturated carbocycles. The van der Waals surface area contributed by atoms with Gasteiger partial charge in [0.15, 0.2) is 6.17 Å². The molecule has 23 heavy (non-hydrogen) atoms. The summed E-state index contributed by atoms with van der Waals surface area (Å²) in [5, 5.41) is 0. The van der Waals surface area contributed by atoms with Crippen LogP contribution < -0.4 is 0 Å². The third-order valence-electron chi connectivity index (χ3n) is 3.67. The maximum absolute atomic E-state index is 12.9. The average molecular weight is 325 g/mol. The van der Waals surface area contributed by atoms with Crippen molar-refractivity contribution >= 4 is 11.9 Å². The summed E-state index contributed by atoms with van der Waals surface area (Å²) in [5.74, 6) is -0.492. The fourth-order valence-electron chi connectivity index (χ4n) is 2.25. The Hall–Kier alpha value is -1.98. The smallest absolute Gasteiger partial charge is 0.308 e. The van der Waals surface area contributed by atoms with Crippen LogP contribution in [0.25, 0.3) is 0 Å². The number of hydrogen-bond donors (Lipinski definition) is 0. The molecule has 0 radical (unpaired) electrons. The van der Waals surface area contributed by atoms with E-state index in [1.54, 1.807) is 0 Å². The quantitative estimate of drug-likeness (QED) is 0.800. The number of benzene rings is 1. The SMILES string of the molecule is CCOC(=O)C1CC1.O=C1C(F)C(F)CN1Cc1ccccc1. The number of likely N-dealkylation sites (tertiary alicyclic amines) is 1. The van der Waals surface area contributed by atoms with Crippen LogP contribution in [0, 0.1) is 5.92 Å². The summed E-state index contributed by atoms with van der Waals surface area (Å²) in [6, 6.07) is 9.16. The summed E-state index contributed by atoms with van der Waals surface area (Å²) in [6.07, 6.45) is -1.58. The zero-order chi connectivity index (χ0) is 16.8. The number of hydrogen-bond acceptors (Lipinski definition) is 3. The van der Waals surface area contributed by atoms with Gasteiger partial charge >= 0.3 is 5.97 Å². The highest BCUT2D eigenvalue weighted by atomic mass is 19.2. The Kier molecular flexibility index (Phi) is 6.07. The number of halogens is 2. The van der Waals surface area contributed by atoms with Gasteiger partial charge in [0.2, 0.25) is 6.17 Å². The number of rotatable bonds is 4. The van der Waals surface area contributed by atoms with E-state index in [0.29, 0.717) is 6.61 Å². The first-order valence-corrected chi connectivity index (χ1v) is 7.80. The molecule has 126 valence electrons. The van der Waals surface area contributed by atoms with Crippen LogP contribution in [0.1, 0.15) is 25.3 Å². The van der Waals surface area contributed by atoms with Gasteiger partial charge in [-0.15, -0.1) is 0 Å². The van der Waals surface area contributed by atoms with E-state index in [9.17, 15) is 18.4 Å². The molecule has 2 fully saturated rings. The Bertz CT molecular complexity index is 534. The number of carbonyl (C=O) groups is 2. The standard InChI is InChI=1S/C11H11F2NO.C6H10O2/c12-9-7-14(11(15)10(9)13)6-8-4-2-1-3-5-8;1-2-8-6(7)5-3-4-5/h1-5,9-10H,6-7H2;5H,2-4H2,1H3. The van der Waals surface area contributed by atoms with Gasteiger partial charge in [-0.3, -0.25) is 9.59 Å². The van der Waals surface area contributed by atoms with E-state index in [1.165, 1.54) is 4.90 Å². The summed E-state index contributed by atoms with van der Waals surface area (Å²) in [5.41, 5.74) is 0.882. The van der Waals surface area contributed by atoms with Crippen molar-refractivity contribution in [3.8, 4) is 0 Å². The van der Waals surface area contributed by atoms with Crippen molar-refractivity contribution < 1.29 is 23.1 Å². The first kappa shape index (κ1) is 17.4. The summed E-state index contributed by atoms with van der Waals surface area (Å²) in [6.45, 7) is 2.49. The van der Waals surface area contributed by atoms with Gasteiger partial charge in [-0.25, -0.2) is 8.78 Å². The van der Waals surface area contributed by atoms with Crippen LogP contribution in [0.2, 0.25) is 0 Å². The molecular formula is C17H21F2NO3. The Balaban J connectivity index is 0.000000203. The number of ether oxygens (including phenoxy) is 1. The minimum absolute atomic E-state index is 0.00694. The lowest BCUT2D eigenvalue weighted by molar-refractivity contribution is -0.144. The molecule has 1 heterocycles. The van der Waals surface area contributed by atoms with Crippen LogP contribution in [-0.4, -0.2) is 42.3 Å². The van der Waals surface area contributed by atoms with Gasteiger partial charge in [-0.2, -0.15) is 0 Å². The van der Waals surface area contributed by atoms with Crippen LogP contribution in [0.15, 0.2) is 30.3 Å². The van der Waals surface area contributed by atoms with Crippen molar-refractivity contribution in [3.63, 3.8) is 0 Å². The number of esters is 1. The average Bonchev–Trinajstić information content (AvgIpc) is 3.36. The molecule has 2 unspecified atom stereocenters. The van der Waals surface area contributed by atoms with Gasteiger partial charge < -0.3 is 9.64 Å². The van der Waals surface area contributed by atoms with E-state index in [4.69, 9.17) is 4.74 Å². The summed E-state index contributed by atoms with van der Waals surface area (Å²) in [7, 11) is 0. The fourth-order valence-corrected chi connectivity index (χ4v) is 2.25. The third-order valence-corrected chi connectivity index (χ3v) is 3.67. The topological polar surface area (TPSA) is 46.6 Å². The van der Waals surface area contributed by atoms with Crippen molar-refractivity contribution in [2.75, 3.05) is 13.2 Å². The fraction of sp³-hybridized carbons (Fsp3) is 0.529. The first-order chi connectivity index (χ1) is 11.0. The van der Waals surface area contributed by atoms with Crippen molar-refractivity contribution in [2.45, 2.75) is 38.7 Å². The van der Waals surface area contributed by atoms with Gasteiger partial charge in [0.05, 0.1) is 19.1 Å². The van der Waals surface area contributed by atoms with E-state index in [2.05, 4.69) is 0 Å². The van der Waals surface area contributed by atoms with E-state index in [-0.39, 0.29) is 25.0 Å². The largest absolute Gasteiger partial charge is 0.466 e. The van der Waals surface area contributed by atoms with Crippen LogP contribution in [0.3, 0.4) is 0 Å². The predicted molar refractivity (Wildman–Crippen MR) is 81.0 cm³/mol. The Morgan fingerprint density at radius 3 is 2.39 bits per heavy atom. The lowest BCUT2D eigenvalue weighted by Gasteiger charge is -2.14. The molecule has 6 heteroatoms. The molecular weight excluding hydrogens is 304 g/mol. The molecule has 0 bridgehead atoms. The second kappa shape index (κ2) is 8.04. The molecule has 0 spiro atoms. The molecule has 3 rings (SSSR count). The normalized spacial score (nSPS) is 23.3. The summed E-state index contributed by atoms with van der Waals surface area (Å²) < 4.78 is 30.5. The molecule has 1 aromatic carbocycles. The number of carbonyl (C=O) groups excluding carboxylic acids is 2. The predicted octanol–water partition coefficient (Wildman–Crippen LogP) is 2.66. The van der Waals surface area contributed by atoms with Gasteiger partial charge in [0, 0.05) is 6.54 Å². The Labute approximate surface area is 134 Å². The maximum atomic E-state index is 12.9. The van der Waals surface area contributed by atoms with Gasteiger partial charge in [0.1, 0.15) is 0 Å². The third kappa shape index (κ3) is 5.01. The van der Waals surface area contributed by atoms with E-state index >= 15 is 0 Å². The zero-order valence-corrected chi connectivity index (χ0v) is 13.1. The summed E-state index contributed by atoms with van der Waals surface area (Å²) >= 11 is 0. The molecule has 2 aliphatic rings. The van der Waals surface area contributed by atoms with Gasteiger partial charge in [-0.1, -0.05) is 30.3 Å². The van der Waals surface area contributed by atoms with E-state index in [1.807, 2.05) is 37.3 Å². The Morgan fingerprint density at radius 1 is 1.26 bits per heavy atom. The molecule has 2 atom stereocenters. The molecule has 4 nitrogen and oxygen atoms in total. The highest BCUT2D eigenvalue weighted by molar-refractivity contribution is 5.83.